The van der Waals surface area contributed by atoms with Crippen LogP contribution in [-0.2, 0) is 9.53 Å². The van der Waals surface area contributed by atoms with Crippen molar-refractivity contribution in [2.24, 2.45) is 0 Å². The zero-order valence-electron chi connectivity index (χ0n) is 14.2. The molecule has 6 heteroatoms. The molecule has 1 amide bonds. The van der Waals surface area contributed by atoms with Gasteiger partial charge in [-0.3, -0.25) is 4.79 Å². The first-order valence-electron chi connectivity index (χ1n) is 7.83. The molecule has 1 atom stereocenters. The molecule has 0 aliphatic heterocycles. The molecule has 0 unspecified atom stereocenters. The van der Waals surface area contributed by atoms with Crippen LogP contribution in [-0.4, -0.2) is 38.2 Å². The third-order valence-corrected chi connectivity index (χ3v) is 3.16. The second kappa shape index (κ2) is 9.71. The standard InChI is InChI=1S/C17H25NO5/c1-5-7-10-22-14-9-8-13(11-15(14)21-4)17(20)23-12(3)16(19)18-6-2/h8-9,11-12H,5-7,10H2,1-4H3,(H,18,19)/t12-/m0/s1. The monoisotopic (exact) mass is 323 g/mol. The summed E-state index contributed by atoms with van der Waals surface area (Å²) in [6.45, 7) is 6.48. The molecule has 0 aliphatic carbocycles. The smallest absolute Gasteiger partial charge is 0.339 e. The van der Waals surface area contributed by atoms with Gasteiger partial charge in [0.1, 0.15) is 0 Å². The summed E-state index contributed by atoms with van der Waals surface area (Å²) in [5.41, 5.74) is 0.306. The second-order valence-electron chi connectivity index (χ2n) is 5.01. The Labute approximate surface area is 137 Å². The molecule has 1 rings (SSSR count). The summed E-state index contributed by atoms with van der Waals surface area (Å²) in [6, 6.07) is 4.81. The van der Waals surface area contributed by atoms with Gasteiger partial charge in [0.15, 0.2) is 17.6 Å². The van der Waals surface area contributed by atoms with Crippen molar-refractivity contribution in [3.8, 4) is 11.5 Å². The van der Waals surface area contributed by atoms with Gasteiger partial charge in [-0.1, -0.05) is 13.3 Å². The Balaban J connectivity index is 2.76. The first-order chi connectivity index (χ1) is 11.0. The van der Waals surface area contributed by atoms with Crippen LogP contribution in [0.1, 0.15) is 44.0 Å². The maximum atomic E-state index is 12.1. The van der Waals surface area contributed by atoms with Crippen LogP contribution in [0.4, 0.5) is 0 Å². The van der Waals surface area contributed by atoms with Gasteiger partial charge in [0, 0.05) is 6.54 Å². The number of carbonyl (C=O) groups is 2. The fourth-order valence-electron chi connectivity index (χ4n) is 1.84. The number of unbranched alkanes of at least 4 members (excludes halogenated alkanes) is 1. The molecule has 0 spiro atoms. The van der Waals surface area contributed by atoms with Crippen LogP contribution < -0.4 is 14.8 Å². The minimum Gasteiger partial charge on any atom is -0.493 e. The van der Waals surface area contributed by atoms with Gasteiger partial charge < -0.3 is 19.5 Å². The summed E-state index contributed by atoms with van der Waals surface area (Å²) in [5, 5.41) is 2.60. The molecule has 1 N–H and O–H groups in total. The van der Waals surface area contributed by atoms with Crippen molar-refractivity contribution in [1.29, 1.82) is 0 Å². The van der Waals surface area contributed by atoms with Gasteiger partial charge in [-0.25, -0.2) is 4.79 Å². The number of amides is 1. The van der Waals surface area contributed by atoms with Gasteiger partial charge in [-0.05, 0) is 38.5 Å². The molecule has 0 aliphatic rings. The van der Waals surface area contributed by atoms with Crippen LogP contribution in [0.2, 0.25) is 0 Å². The Bertz CT molecular complexity index is 530. The topological polar surface area (TPSA) is 73.9 Å². The molecule has 128 valence electrons. The molecule has 0 aromatic heterocycles. The number of benzene rings is 1. The lowest BCUT2D eigenvalue weighted by molar-refractivity contribution is -0.128. The van der Waals surface area contributed by atoms with E-state index in [4.69, 9.17) is 14.2 Å². The lowest BCUT2D eigenvalue weighted by Crippen LogP contribution is -2.35. The van der Waals surface area contributed by atoms with Crippen molar-refractivity contribution in [2.45, 2.75) is 39.7 Å². The quantitative estimate of drug-likeness (QED) is 0.558. The molecule has 1 aromatic rings. The van der Waals surface area contributed by atoms with Crippen molar-refractivity contribution >= 4 is 11.9 Å². The van der Waals surface area contributed by atoms with E-state index >= 15 is 0 Å². The largest absolute Gasteiger partial charge is 0.493 e. The van der Waals surface area contributed by atoms with Gasteiger partial charge in [0.25, 0.3) is 5.91 Å². The minimum absolute atomic E-state index is 0.306. The van der Waals surface area contributed by atoms with E-state index < -0.39 is 12.1 Å². The molecule has 23 heavy (non-hydrogen) atoms. The van der Waals surface area contributed by atoms with E-state index in [9.17, 15) is 9.59 Å². The molecule has 6 nitrogen and oxygen atoms in total. The highest BCUT2D eigenvalue weighted by Crippen LogP contribution is 2.28. The predicted octanol–water partition coefficient (Wildman–Crippen LogP) is 2.56. The second-order valence-corrected chi connectivity index (χ2v) is 5.01. The summed E-state index contributed by atoms with van der Waals surface area (Å²) in [4.78, 5) is 23.7. The van der Waals surface area contributed by atoms with Gasteiger partial charge in [0.2, 0.25) is 0 Å². The van der Waals surface area contributed by atoms with Gasteiger partial charge in [0.05, 0.1) is 19.3 Å². The number of nitrogens with one attached hydrogen (secondary N) is 1. The fraction of sp³-hybridized carbons (Fsp3) is 0.529. The maximum Gasteiger partial charge on any atom is 0.339 e. The molecule has 0 radical (unpaired) electrons. The highest BCUT2D eigenvalue weighted by Gasteiger charge is 2.19. The normalized spacial score (nSPS) is 11.5. The highest BCUT2D eigenvalue weighted by molar-refractivity contribution is 5.92. The first kappa shape index (κ1) is 18.8. The van der Waals surface area contributed by atoms with Gasteiger partial charge in [-0.2, -0.15) is 0 Å². The SMILES string of the molecule is CCCCOc1ccc(C(=O)O[C@@H](C)C(=O)NCC)cc1OC. The summed E-state index contributed by atoms with van der Waals surface area (Å²) >= 11 is 0. The Kier molecular flexibility index (Phi) is 7.94. The Morgan fingerprint density at radius 3 is 2.57 bits per heavy atom. The number of ether oxygens (including phenoxy) is 3. The van der Waals surface area contributed by atoms with E-state index in [-0.39, 0.29) is 5.91 Å². The number of likely N-dealkylation sites (N-methyl/N-ethyl adjacent to an activating group) is 1. The third-order valence-electron chi connectivity index (χ3n) is 3.16. The Morgan fingerprint density at radius 1 is 1.22 bits per heavy atom. The maximum absolute atomic E-state index is 12.1. The van der Waals surface area contributed by atoms with Crippen molar-refractivity contribution in [3.63, 3.8) is 0 Å². The highest BCUT2D eigenvalue weighted by atomic mass is 16.5. The Morgan fingerprint density at radius 2 is 1.96 bits per heavy atom. The van der Waals surface area contributed by atoms with Crippen LogP contribution in [0.15, 0.2) is 18.2 Å². The van der Waals surface area contributed by atoms with Crippen molar-refractivity contribution in [2.75, 3.05) is 20.3 Å². The zero-order chi connectivity index (χ0) is 17.2. The summed E-state index contributed by atoms with van der Waals surface area (Å²) < 4.78 is 16.0. The van der Waals surface area contributed by atoms with E-state index in [0.29, 0.717) is 30.2 Å². The van der Waals surface area contributed by atoms with Gasteiger partial charge >= 0.3 is 5.97 Å². The lowest BCUT2D eigenvalue weighted by atomic mass is 10.2. The number of methoxy groups -OCH3 is 1. The summed E-state index contributed by atoms with van der Waals surface area (Å²) in [7, 11) is 1.51. The molecular weight excluding hydrogens is 298 g/mol. The molecule has 0 bridgehead atoms. The molecule has 0 saturated carbocycles. The average molecular weight is 323 g/mol. The van der Waals surface area contributed by atoms with E-state index in [1.54, 1.807) is 25.1 Å². The zero-order valence-corrected chi connectivity index (χ0v) is 14.2. The molecule has 0 fully saturated rings. The number of rotatable bonds is 9. The number of hydrogen-bond acceptors (Lipinski definition) is 5. The van der Waals surface area contributed by atoms with Crippen LogP contribution in [0.25, 0.3) is 0 Å². The van der Waals surface area contributed by atoms with E-state index in [1.165, 1.54) is 14.0 Å². The summed E-state index contributed by atoms with van der Waals surface area (Å²) in [6.07, 6.45) is 1.12. The van der Waals surface area contributed by atoms with Crippen LogP contribution in [0.3, 0.4) is 0 Å². The molecule has 0 heterocycles. The van der Waals surface area contributed by atoms with Gasteiger partial charge in [-0.15, -0.1) is 0 Å². The third kappa shape index (κ3) is 5.81. The van der Waals surface area contributed by atoms with E-state index in [2.05, 4.69) is 12.2 Å². The molecule has 1 aromatic carbocycles. The summed E-state index contributed by atoms with van der Waals surface area (Å²) in [5.74, 6) is 0.130. The Hall–Kier alpha value is -2.24. The number of carbonyl (C=O) groups excluding carboxylic acids is 2. The lowest BCUT2D eigenvalue weighted by Gasteiger charge is -2.14. The fourth-order valence-corrected chi connectivity index (χ4v) is 1.84. The first-order valence-corrected chi connectivity index (χ1v) is 7.83. The van der Waals surface area contributed by atoms with Crippen molar-refractivity contribution in [1.82, 2.24) is 5.32 Å². The predicted molar refractivity (Wildman–Crippen MR) is 87.0 cm³/mol. The number of esters is 1. The van der Waals surface area contributed by atoms with E-state index in [0.717, 1.165) is 12.8 Å². The van der Waals surface area contributed by atoms with E-state index in [1.807, 2.05) is 0 Å². The molecule has 0 saturated heterocycles. The van der Waals surface area contributed by atoms with Crippen LogP contribution in [0, 0.1) is 0 Å². The minimum atomic E-state index is -0.853. The van der Waals surface area contributed by atoms with Crippen molar-refractivity contribution < 1.29 is 23.8 Å². The molecular formula is C17H25NO5. The van der Waals surface area contributed by atoms with Crippen LogP contribution >= 0.6 is 0 Å². The van der Waals surface area contributed by atoms with Crippen LogP contribution in [0.5, 0.6) is 11.5 Å². The van der Waals surface area contributed by atoms with Crippen molar-refractivity contribution in [3.05, 3.63) is 23.8 Å². The number of hydrogen-bond donors (Lipinski definition) is 1. The average Bonchev–Trinajstić information content (AvgIpc) is 2.55.